The highest BCUT2D eigenvalue weighted by molar-refractivity contribution is 9.10. The number of aromatic nitrogens is 2. The first-order valence-electron chi connectivity index (χ1n) is 9.66. The van der Waals surface area contributed by atoms with Gasteiger partial charge in [0.25, 0.3) is 0 Å². The van der Waals surface area contributed by atoms with E-state index in [2.05, 4.69) is 26.3 Å². The molecule has 1 aromatic heterocycles. The van der Waals surface area contributed by atoms with Crippen LogP contribution in [0.25, 0.3) is 0 Å². The summed E-state index contributed by atoms with van der Waals surface area (Å²) in [4.78, 5) is 26.9. The number of rotatable bonds is 7. The largest absolute Gasteiger partial charge is 0.492 e. The Morgan fingerprint density at radius 2 is 2.07 bits per heavy atom. The molecule has 8 heteroatoms. The van der Waals surface area contributed by atoms with Gasteiger partial charge in [-0.1, -0.05) is 18.2 Å². The summed E-state index contributed by atoms with van der Waals surface area (Å²) in [5, 5.41) is 7.04. The number of nitrogens with zero attached hydrogens (tertiary/aromatic N) is 3. The maximum Gasteiger partial charge on any atom is 0.229 e. The number of nitrogens with one attached hydrogen (secondary N) is 1. The third kappa shape index (κ3) is 4.71. The number of hydrogen-bond acceptors (Lipinski definition) is 4. The molecule has 1 aliphatic rings. The molecule has 1 atom stereocenters. The normalized spacial score (nSPS) is 16.0. The van der Waals surface area contributed by atoms with Crippen LogP contribution >= 0.6 is 15.9 Å². The lowest BCUT2D eigenvalue weighted by Gasteiger charge is -2.18. The molecule has 2 heterocycles. The van der Waals surface area contributed by atoms with E-state index in [4.69, 9.17) is 4.74 Å². The van der Waals surface area contributed by atoms with E-state index in [1.54, 1.807) is 27.9 Å². The van der Waals surface area contributed by atoms with Crippen LogP contribution < -0.4 is 15.0 Å². The van der Waals surface area contributed by atoms with E-state index in [-0.39, 0.29) is 18.2 Å². The van der Waals surface area contributed by atoms with Crippen molar-refractivity contribution in [1.29, 1.82) is 0 Å². The van der Waals surface area contributed by atoms with Crippen molar-refractivity contribution in [3.63, 3.8) is 0 Å². The molecule has 1 aliphatic heterocycles. The average Bonchev–Trinajstić information content (AvgIpc) is 3.39. The number of carbonyl (C=O) groups is 2. The zero-order chi connectivity index (χ0) is 20.9. The van der Waals surface area contributed by atoms with E-state index in [0.717, 1.165) is 10.2 Å². The van der Waals surface area contributed by atoms with Gasteiger partial charge < -0.3 is 15.0 Å². The zero-order valence-electron chi connectivity index (χ0n) is 16.2. The van der Waals surface area contributed by atoms with Crippen molar-refractivity contribution in [2.45, 2.75) is 13.0 Å². The molecule has 0 bridgehead atoms. The van der Waals surface area contributed by atoms with Gasteiger partial charge in [-0.25, -0.2) is 0 Å². The van der Waals surface area contributed by atoms with Crippen LogP contribution in [-0.2, 0) is 16.1 Å². The fourth-order valence-electron chi connectivity index (χ4n) is 3.38. The number of anilines is 2. The fraction of sp³-hybridized carbons (Fsp3) is 0.227. The molecule has 0 spiro atoms. The Bertz CT molecular complexity index is 1040. The molecule has 4 rings (SSSR count). The standard InChI is InChI=1S/C22H21BrN4O3/c23-19-7-1-2-8-20(19)27-15-16(13-21(27)28)22(29)25-17-5-3-6-18(14-17)30-12-11-26-10-4-9-24-26/h1-10,14,16H,11-13,15H2,(H,25,29)/t16-/m1/s1. The molecule has 1 saturated heterocycles. The Morgan fingerprint density at radius 1 is 1.20 bits per heavy atom. The third-order valence-electron chi connectivity index (χ3n) is 4.89. The minimum absolute atomic E-state index is 0.0576. The molecule has 0 aliphatic carbocycles. The van der Waals surface area contributed by atoms with Crippen molar-refractivity contribution in [1.82, 2.24) is 9.78 Å². The summed E-state index contributed by atoms with van der Waals surface area (Å²) >= 11 is 3.47. The Hall–Kier alpha value is -3.13. The van der Waals surface area contributed by atoms with E-state index in [1.807, 2.05) is 48.7 Å². The minimum atomic E-state index is -0.408. The van der Waals surface area contributed by atoms with Crippen LogP contribution in [0.2, 0.25) is 0 Å². The number of halogens is 1. The Kier molecular flexibility index (Phi) is 6.13. The van der Waals surface area contributed by atoms with Crippen LogP contribution in [0.3, 0.4) is 0 Å². The molecule has 2 aromatic carbocycles. The Labute approximate surface area is 182 Å². The van der Waals surface area contributed by atoms with E-state index < -0.39 is 5.92 Å². The fourth-order valence-corrected chi connectivity index (χ4v) is 3.88. The van der Waals surface area contributed by atoms with Crippen LogP contribution in [0.15, 0.2) is 71.5 Å². The predicted octanol–water partition coefficient (Wildman–Crippen LogP) is 3.72. The van der Waals surface area contributed by atoms with Crippen LogP contribution in [0, 0.1) is 5.92 Å². The second-order valence-electron chi connectivity index (χ2n) is 6.99. The van der Waals surface area contributed by atoms with Crippen LogP contribution in [0.1, 0.15) is 6.42 Å². The number of ether oxygens (including phenoxy) is 1. The summed E-state index contributed by atoms with van der Waals surface area (Å²) in [6.07, 6.45) is 3.79. The highest BCUT2D eigenvalue weighted by atomic mass is 79.9. The number of benzene rings is 2. The van der Waals surface area contributed by atoms with Crippen molar-refractivity contribution in [3.05, 3.63) is 71.5 Å². The number of hydrogen-bond donors (Lipinski definition) is 1. The maximum absolute atomic E-state index is 12.7. The monoisotopic (exact) mass is 468 g/mol. The summed E-state index contributed by atoms with van der Waals surface area (Å²) in [6.45, 7) is 1.46. The summed E-state index contributed by atoms with van der Waals surface area (Å²) in [6, 6.07) is 16.6. The SMILES string of the molecule is O=C(Nc1cccc(OCCn2cccn2)c1)[C@@H]1CC(=O)N(c2ccccc2Br)C1. The summed E-state index contributed by atoms with van der Waals surface area (Å²) in [5.74, 6) is 0.0237. The quantitative estimate of drug-likeness (QED) is 0.573. The lowest BCUT2D eigenvalue weighted by atomic mass is 10.1. The van der Waals surface area contributed by atoms with Gasteiger partial charge >= 0.3 is 0 Å². The lowest BCUT2D eigenvalue weighted by molar-refractivity contribution is -0.122. The minimum Gasteiger partial charge on any atom is -0.492 e. The highest BCUT2D eigenvalue weighted by Crippen LogP contribution is 2.31. The second-order valence-corrected chi connectivity index (χ2v) is 7.85. The van der Waals surface area contributed by atoms with Gasteiger partial charge in [0.1, 0.15) is 12.4 Å². The summed E-state index contributed by atoms with van der Waals surface area (Å²) < 4.78 is 8.38. The van der Waals surface area contributed by atoms with E-state index in [9.17, 15) is 9.59 Å². The van der Waals surface area contributed by atoms with Gasteiger partial charge in [-0.3, -0.25) is 14.3 Å². The van der Waals surface area contributed by atoms with Gasteiger partial charge in [-0.2, -0.15) is 5.10 Å². The zero-order valence-corrected chi connectivity index (χ0v) is 17.8. The molecule has 1 N–H and O–H groups in total. The molecular formula is C22H21BrN4O3. The summed E-state index contributed by atoms with van der Waals surface area (Å²) in [7, 11) is 0. The predicted molar refractivity (Wildman–Crippen MR) is 117 cm³/mol. The average molecular weight is 469 g/mol. The number of amides is 2. The maximum atomic E-state index is 12.7. The van der Waals surface area contributed by atoms with E-state index in [0.29, 0.717) is 31.1 Å². The van der Waals surface area contributed by atoms with Gasteiger partial charge in [0.05, 0.1) is 18.2 Å². The van der Waals surface area contributed by atoms with Gasteiger partial charge in [-0.05, 0) is 46.3 Å². The highest BCUT2D eigenvalue weighted by Gasteiger charge is 2.35. The van der Waals surface area contributed by atoms with Gasteiger partial charge in [0, 0.05) is 41.6 Å². The number of para-hydroxylation sites is 1. The van der Waals surface area contributed by atoms with Crippen LogP contribution in [0.4, 0.5) is 11.4 Å². The smallest absolute Gasteiger partial charge is 0.229 e. The molecule has 0 saturated carbocycles. The molecule has 154 valence electrons. The lowest BCUT2D eigenvalue weighted by Crippen LogP contribution is -2.28. The van der Waals surface area contributed by atoms with Crippen LogP contribution in [-0.4, -0.2) is 34.7 Å². The van der Waals surface area contributed by atoms with Gasteiger partial charge in [-0.15, -0.1) is 0 Å². The van der Waals surface area contributed by atoms with Crippen LogP contribution in [0.5, 0.6) is 5.75 Å². The second kappa shape index (κ2) is 9.13. The first-order valence-corrected chi connectivity index (χ1v) is 10.5. The molecular weight excluding hydrogens is 448 g/mol. The first-order chi connectivity index (χ1) is 14.6. The molecule has 0 unspecified atom stereocenters. The summed E-state index contributed by atoms with van der Waals surface area (Å²) in [5.41, 5.74) is 1.42. The molecule has 30 heavy (non-hydrogen) atoms. The van der Waals surface area contributed by atoms with Gasteiger partial charge in [0.15, 0.2) is 0 Å². The van der Waals surface area contributed by atoms with Crippen molar-refractivity contribution in [2.75, 3.05) is 23.4 Å². The van der Waals surface area contributed by atoms with E-state index in [1.165, 1.54) is 0 Å². The van der Waals surface area contributed by atoms with Crippen molar-refractivity contribution < 1.29 is 14.3 Å². The Balaban J connectivity index is 1.35. The first kappa shape index (κ1) is 20.2. The van der Waals surface area contributed by atoms with Gasteiger partial charge in [0.2, 0.25) is 11.8 Å². The van der Waals surface area contributed by atoms with Crippen molar-refractivity contribution >= 4 is 39.1 Å². The topological polar surface area (TPSA) is 76.5 Å². The van der Waals surface area contributed by atoms with Crippen molar-refractivity contribution in [3.8, 4) is 5.75 Å². The molecule has 7 nitrogen and oxygen atoms in total. The van der Waals surface area contributed by atoms with E-state index >= 15 is 0 Å². The molecule has 0 radical (unpaired) electrons. The Morgan fingerprint density at radius 3 is 2.87 bits per heavy atom. The third-order valence-corrected chi connectivity index (χ3v) is 5.56. The number of carbonyl (C=O) groups excluding carboxylic acids is 2. The molecule has 2 amide bonds. The molecule has 1 fully saturated rings. The molecule has 3 aromatic rings. The van der Waals surface area contributed by atoms with Crippen molar-refractivity contribution in [2.24, 2.45) is 5.92 Å².